The first-order valence-corrected chi connectivity index (χ1v) is 12.5. The second-order valence-corrected chi connectivity index (χ2v) is 9.60. The van der Waals surface area contributed by atoms with Gasteiger partial charge in [0.15, 0.2) is 5.82 Å². The number of halogens is 3. The molecule has 9 nitrogen and oxygen atoms in total. The third-order valence-corrected chi connectivity index (χ3v) is 6.86. The van der Waals surface area contributed by atoms with Crippen LogP contribution in [-0.2, 0) is 15.5 Å². The molecule has 3 N–H and O–H groups in total. The molecule has 13 heteroatoms. The standard InChI is InChI=1S/C24H23F3N5O4P/c1-13-9-15(22-28-11-16-10-17(24(25,26)27)4-5-18(16)29-22)3-6-20(13)31-7-8-32-21(23(31)33)14(2)19(30-32)12-36-37(34)35/h3-6,9-11,19,30,34-35H,7-8,12H2,1-2H3. The van der Waals surface area contributed by atoms with Crippen LogP contribution in [-0.4, -0.2) is 56.4 Å². The van der Waals surface area contributed by atoms with E-state index in [2.05, 4.69) is 15.4 Å². The minimum atomic E-state index is -4.44. The van der Waals surface area contributed by atoms with Gasteiger partial charge in [0.1, 0.15) is 5.70 Å². The first-order valence-electron chi connectivity index (χ1n) is 11.3. The van der Waals surface area contributed by atoms with Crippen molar-refractivity contribution in [1.29, 1.82) is 0 Å². The molecule has 0 saturated carbocycles. The molecule has 194 valence electrons. The highest BCUT2D eigenvalue weighted by molar-refractivity contribution is 7.39. The number of aryl methyl sites for hydroxylation is 1. The number of hydrogen-bond acceptors (Lipinski definition) is 8. The molecule has 2 aromatic carbocycles. The minimum absolute atomic E-state index is 0.0226. The molecule has 1 saturated heterocycles. The number of carbonyl (C=O) groups is 1. The Hall–Kier alpha value is -3.15. The molecular formula is C24H23F3N5O4P. The smallest absolute Gasteiger partial charge is 0.328 e. The molecule has 0 spiro atoms. The summed E-state index contributed by atoms with van der Waals surface area (Å²) in [5.74, 6) is 0.180. The number of hydrogen-bond donors (Lipinski definition) is 3. The summed E-state index contributed by atoms with van der Waals surface area (Å²) < 4.78 is 43.9. The zero-order valence-corrected chi connectivity index (χ0v) is 20.7. The van der Waals surface area contributed by atoms with Gasteiger partial charge in [-0.15, -0.1) is 0 Å². The third-order valence-electron chi connectivity index (χ3n) is 6.48. The molecule has 0 bridgehead atoms. The highest BCUT2D eigenvalue weighted by Crippen LogP contribution is 2.34. The summed E-state index contributed by atoms with van der Waals surface area (Å²) in [6.45, 7) is 4.65. The van der Waals surface area contributed by atoms with E-state index in [-0.39, 0.29) is 18.6 Å². The second kappa shape index (κ2) is 9.62. The summed E-state index contributed by atoms with van der Waals surface area (Å²) in [5, 5.41) is 2.05. The summed E-state index contributed by atoms with van der Waals surface area (Å²) in [7, 11) is -2.49. The van der Waals surface area contributed by atoms with Crippen LogP contribution in [0.5, 0.6) is 0 Å². The maximum atomic E-state index is 13.4. The topological polar surface area (TPSA) is 111 Å². The lowest BCUT2D eigenvalue weighted by molar-refractivity contribution is -0.137. The van der Waals surface area contributed by atoms with Gasteiger partial charge in [-0.3, -0.25) is 4.79 Å². The van der Waals surface area contributed by atoms with E-state index in [1.54, 1.807) is 22.9 Å². The van der Waals surface area contributed by atoms with Crippen LogP contribution in [0.15, 0.2) is 53.9 Å². The predicted octanol–water partition coefficient (Wildman–Crippen LogP) is 3.66. The van der Waals surface area contributed by atoms with Crippen LogP contribution < -0.4 is 10.3 Å². The lowest BCUT2D eigenvalue weighted by Gasteiger charge is -2.35. The molecule has 1 unspecified atom stereocenters. The monoisotopic (exact) mass is 533 g/mol. The number of amides is 1. The Kier molecular flexibility index (Phi) is 6.63. The molecule has 2 aliphatic heterocycles. The molecule has 3 heterocycles. The Bertz CT molecular complexity index is 1410. The number of benzene rings is 2. The molecule has 0 aliphatic carbocycles. The van der Waals surface area contributed by atoms with Gasteiger partial charge in [-0.05, 0) is 61.4 Å². The van der Waals surface area contributed by atoms with Crippen molar-refractivity contribution < 1.29 is 32.3 Å². The molecule has 2 aliphatic rings. The summed E-state index contributed by atoms with van der Waals surface area (Å²) >= 11 is 0. The van der Waals surface area contributed by atoms with E-state index in [0.29, 0.717) is 41.1 Å². The fraction of sp³-hybridized carbons (Fsp3) is 0.292. The number of aromatic nitrogens is 2. The van der Waals surface area contributed by atoms with Crippen LogP contribution >= 0.6 is 8.60 Å². The van der Waals surface area contributed by atoms with E-state index in [0.717, 1.165) is 29.0 Å². The van der Waals surface area contributed by atoms with Crippen molar-refractivity contribution in [1.82, 2.24) is 20.4 Å². The molecule has 1 amide bonds. The molecule has 1 aromatic heterocycles. The van der Waals surface area contributed by atoms with Gasteiger partial charge >= 0.3 is 14.8 Å². The van der Waals surface area contributed by atoms with Crippen molar-refractivity contribution in [2.24, 2.45) is 0 Å². The van der Waals surface area contributed by atoms with E-state index in [9.17, 15) is 18.0 Å². The Balaban J connectivity index is 1.39. The van der Waals surface area contributed by atoms with Gasteiger partial charge in [0.25, 0.3) is 5.91 Å². The molecular weight excluding hydrogens is 510 g/mol. The van der Waals surface area contributed by atoms with Crippen LogP contribution in [0.3, 0.4) is 0 Å². The molecule has 0 radical (unpaired) electrons. The maximum absolute atomic E-state index is 13.4. The highest BCUT2D eigenvalue weighted by atomic mass is 31.2. The lowest BCUT2D eigenvalue weighted by Crippen LogP contribution is -2.52. The first-order chi connectivity index (χ1) is 17.5. The van der Waals surface area contributed by atoms with Crippen molar-refractivity contribution in [3.8, 4) is 11.4 Å². The summed E-state index contributed by atoms with van der Waals surface area (Å²) in [6.07, 6.45) is -3.07. The molecule has 37 heavy (non-hydrogen) atoms. The summed E-state index contributed by atoms with van der Waals surface area (Å²) in [5.41, 5.74) is 6.27. The number of nitrogens with one attached hydrogen (secondary N) is 1. The van der Waals surface area contributed by atoms with Crippen molar-refractivity contribution in [3.63, 3.8) is 0 Å². The average molecular weight is 533 g/mol. The van der Waals surface area contributed by atoms with Gasteiger partial charge < -0.3 is 24.2 Å². The lowest BCUT2D eigenvalue weighted by atomic mass is 10.0. The summed E-state index contributed by atoms with van der Waals surface area (Å²) in [4.78, 5) is 41.9. The van der Waals surface area contributed by atoms with Crippen molar-refractivity contribution >= 4 is 31.1 Å². The average Bonchev–Trinajstić information content (AvgIpc) is 3.18. The number of anilines is 1. The number of rotatable bonds is 5. The van der Waals surface area contributed by atoms with Crippen LogP contribution in [0.25, 0.3) is 22.3 Å². The van der Waals surface area contributed by atoms with E-state index in [1.807, 2.05) is 19.1 Å². The number of nitrogens with zero attached hydrogens (tertiary/aromatic N) is 4. The van der Waals surface area contributed by atoms with Gasteiger partial charge in [0.05, 0.1) is 30.3 Å². The number of fused-ring (bicyclic) bond motifs is 2. The maximum Gasteiger partial charge on any atom is 0.416 e. The number of hydrazine groups is 1. The van der Waals surface area contributed by atoms with Crippen molar-refractivity contribution in [2.75, 3.05) is 24.6 Å². The SMILES string of the molecule is CC1=C2C(=O)N(c3ccc(-c4ncc5cc(C(F)(F)F)ccc5n4)cc3C)CCN2NC1COP(O)O. The molecule has 3 aromatic rings. The Morgan fingerprint density at radius 3 is 2.65 bits per heavy atom. The molecule has 5 rings (SSSR count). The highest BCUT2D eigenvalue weighted by Gasteiger charge is 2.39. The van der Waals surface area contributed by atoms with Crippen LogP contribution in [0.1, 0.15) is 18.1 Å². The van der Waals surface area contributed by atoms with Gasteiger partial charge in [0.2, 0.25) is 0 Å². The Morgan fingerprint density at radius 2 is 1.95 bits per heavy atom. The van der Waals surface area contributed by atoms with E-state index >= 15 is 0 Å². The Labute approximate surface area is 211 Å². The minimum Gasteiger partial charge on any atom is -0.328 e. The zero-order chi connectivity index (χ0) is 26.5. The van der Waals surface area contributed by atoms with E-state index < -0.39 is 20.3 Å². The molecule has 1 atom stereocenters. The van der Waals surface area contributed by atoms with Crippen LogP contribution in [0.2, 0.25) is 0 Å². The quantitative estimate of drug-likeness (QED) is 0.427. The van der Waals surface area contributed by atoms with Gasteiger partial charge in [-0.1, -0.05) is 0 Å². The van der Waals surface area contributed by atoms with Crippen LogP contribution in [0.4, 0.5) is 18.9 Å². The fourth-order valence-electron chi connectivity index (χ4n) is 4.60. The normalized spacial score (nSPS) is 18.4. The van der Waals surface area contributed by atoms with Crippen LogP contribution in [0, 0.1) is 6.92 Å². The number of carbonyl (C=O) groups excluding carboxylic acids is 1. The fourth-order valence-corrected chi connectivity index (χ4v) is 4.88. The van der Waals surface area contributed by atoms with E-state index in [1.165, 1.54) is 12.3 Å². The number of piperazine rings is 1. The largest absolute Gasteiger partial charge is 0.416 e. The third kappa shape index (κ3) is 4.90. The van der Waals surface area contributed by atoms with E-state index in [4.69, 9.17) is 14.3 Å². The van der Waals surface area contributed by atoms with Gasteiger partial charge in [-0.25, -0.2) is 15.4 Å². The van der Waals surface area contributed by atoms with Crippen molar-refractivity contribution in [2.45, 2.75) is 26.1 Å². The van der Waals surface area contributed by atoms with Gasteiger partial charge in [-0.2, -0.15) is 13.2 Å². The second-order valence-electron chi connectivity index (χ2n) is 8.84. The van der Waals surface area contributed by atoms with Gasteiger partial charge in [0, 0.05) is 29.4 Å². The zero-order valence-electron chi connectivity index (χ0n) is 19.8. The summed E-state index contributed by atoms with van der Waals surface area (Å²) in [6, 6.07) is 8.44. The molecule has 1 fully saturated rings. The predicted molar refractivity (Wildman–Crippen MR) is 131 cm³/mol. The number of alkyl halides is 3. The first kappa shape index (κ1) is 25.5. The Morgan fingerprint density at radius 1 is 1.16 bits per heavy atom. The van der Waals surface area contributed by atoms with Crippen molar-refractivity contribution in [3.05, 3.63) is 65.0 Å².